The lowest BCUT2D eigenvalue weighted by Crippen LogP contribution is -2.47. The van der Waals surface area contributed by atoms with Gasteiger partial charge in [0.25, 0.3) is 11.8 Å². The quantitative estimate of drug-likeness (QED) is 0.741. The third-order valence-electron chi connectivity index (χ3n) is 5.20. The minimum atomic E-state index is -0.241. The predicted molar refractivity (Wildman–Crippen MR) is 102 cm³/mol. The van der Waals surface area contributed by atoms with E-state index in [4.69, 9.17) is 0 Å². The van der Waals surface area contributed by atoms with E-state index >= 15 is 0 Å². The number of amides is 2. The monoisotopic (exact) mass is 368 g/mol. The van der Waals surface area contributed by atoms with Crippen molar-refractivity contribution in [2.75, 3.05) is 45.1 Å². The zero-order chi connectivity index (χ0) is 18.8. The van der Waals surface area contributed by atoms with Gasteiger partial charge in [0, 0.05) is 68.2 Å². The summed E-state index contributed by atoms with van der Waals surface area (Å²) in [7, 11) is 2.06. The highest BCUT2D eigenvalue weighted by atomic mass is 16.2. The predicted octanol–water partition coefficient (Wildman–Crippen LogP) is 0.695. The summed E-state index contributed by atoms with van der Waals surface area (Å²) in [5.74, 6) is -0.206. The smallest absolute Gasteiger partial charge is 0.276 e. The number of aromatic nitrogens is 2. The average molecular weight is 368 g/mol. The first-order chi connectivity index (χ1) is 13.1. The van der Waals surface area contributed by atoms with E-state index in [0.29, 0.717) is 23.5 Å². The normalized spacial score (nSPS) is 17.4. The van der Waals surface area contributed by atoms with E-state index in [0.717, 1.165) is 50.4 Å². The minimum absolute atomic E-state index is 0.0356. The van der Waals surface area contributed by atoms with Crippen molar-refractivity contribution >= 4 is 17.5 Å². The molecule has 2 aliphatic heterocycles. The van der Waals surface area contributed by atoms with E-state index in [-0.39, 0.29) is 11.8 Å². The number of piperazine rings is 1. The van der Waals surface area contributed by atoms with Crippen molar-refractivity contribution < 1.29 is 9.59 Å². The lowest BCUT2D eigenvalue weighted by molar-refractivity contribution is 0.0664. The maximum atomic E-state index is 12.6. The molecule has 0 atom stereocenters. The van der Waals surface area contributed by atoms with E-state index in [1.165, 1.54) is 0 Å². The fourth-order valence-electron chi connectivity index (χ4n) is 3.49. The van der Waals surface area contributed by atoms with Crippen LogP contribution in [0.15, 0.2) is 24.3 Å². The number of hydrogen-bond donors (Lipinski definition) is 3. The van der Waals surface area contributed by atoms with E-state index in [2.05, 4.69) is 32.8 Å². The second kappa shape index (κ2) is 7.50. The van der Waals surface area contributed by atoms with Crippen LogP contribution in [0.25, 0.3) is 0 Å². The number of hydrogen-bond acceptors (Lipinski definition) is 5. The molecule has 3 heterocycles. The van der Waals surface area contributed by atoms with Crippen LogP contribution in [0.2, 0.25) is 0 Å². The van der Waals surface area contributed by atoms with Gasteiger partial charge in [0.15, 0.2) is 5.69 Å². The number of nitrogens with one attached hydrogen (secondary N) is 3. The minimum Gasteiger partial charge on any atom is -0.336 e. The molecule has 2 amide bonds. The van der Waals surface area contributed by atoms with Crippen LogP contribution in [0.4, 0.5) is 5.69 Å². The first kappa shape index (κ1) is 17.7. The van der Waals surface area contributed by atoms with Crippen molar-refractivity contribution in [1.82, 2.24) is 25.3 Å². The summed E-state index contributed by atoms with van der Waals surface area (Å²) in [6.07, 6.45) is 0.846. The number of anilines is 1. The number of carbonyl (C=O) groups excluding carboxylic acids is 2. The standard InChI is InChI=1S/C19H24N6O2/c1-24-8-10-25(11-9-24)19(27)13-2-4-14(5-3-13)21-18(26)17-15-12-20-7-6-16(15)22-23-17/h2-5,20H,6-12H2,1H3,(H,21,26)(H,22,23). The molecule has 1 saturated heterocycles. The molecule has 0 radical (unpaired) electrons. The van der Waals surface area contributed by atoms with Crippen LogP contribution in [0, 0.1) is 0 Å². The van der Waals surface area contributed by atoms with Gasteiger partial charge < -0.3 is 20.4 Å². The van der Waals surface area contributed by atoms with Crippen LogP contribution < -0.4 is 10.6 Å². The molecule has 2 aromatic rings. The summed E-state index contributed by atoms with van der Waals surface area (Å²) in [6, 6.07) is 7.05. The SMILES string of the molecule is CN1CCN(C(=O)c2ccc(NC(=O)c3n[nH]c4c3CNCC4)cc2)CC1. The molecule has 0 spiro atoms. The Balaban J connectivity index is 1.41. The first-order valence-electron chi connectivity index (χ1n) is 9.28. The zero-order valence-corrected chi connectivity index (χ0v) is 15.4. The molecule has 0 unspecified atom stereocenters. The van der Waals surface area contributed by atoms with E-state index in [1.807, 2.05) is 4.90 Å². The van der Waals surface area contributed by atoms with Gasteiger partial charge in [0.05, 0.1) is 0 Å². The molecule has 8 heteroatoms. The molecular formula is C19H24N6O2. The number of rotatable bonds is 3. The van der Waals surface area contributed by atoms with Crippen molar-refractivity contribution in [2.24, 2.45) is 0 Å². The molecule has 27 heavy (non-hydrogen) atoms. The maximum absolute atomic E-state index is 12.6. The molecule has 1 fully saturated rings. The Labute approximate surface area is 157 Å². The van der Waals surface area contributed by atoms with Crippen LogP contribution in [-0.2, 0) is 13.0 Å². The Kier molecular flexibility index (Phi) is 4.91. The van der Waals surface area contributed by atoms with Crippen molar-refractivity contribution in [1.29, 1.82) is 0 Å². The van der Waals surface area contributed by atoms with Crippen LogP contribution in [0.3, 0.4) is 0 Å². The summed E-state index contributed by atoms with van der Waals surface area (Å²) in [5, 5.41) is 13.2. The highest BCUT2D eigenvalue weighted by Gasteiger charge is 2.22. The largest absolute Gasteiger partial charge is 0.336 e. The van der Waals surface area contributed by atoms with Crippen LogP contribution in [-0.4, -0.2) is 71.6 Å². The van der Waals surface area contributed by atoms with Crippen LogP contribution in [0.1, 0.15) is 32.1 Å². The molecule has 4 rings (SSSR count). The Hall–Kier alpha value is -2.71. The third kappa shape index (κ3) is 3.72. The Morgan fingerprint density at radius 3 is 2.59 bits per heavy atom. The average Bonchev–Trinajstić information content (AvgIpc) is 3.13. The van der Waals surface area contributed by atoms with Gasteiger partial charge in [-0.2, -0.15) is 5.10 Å². The second-order valence-electron chi connectivity index (χ2n) is 7.08. The van der Waals surface area contributed by atoms with Gasteiger partial charge in [0.2, 0.25) is 0 Å². The topological polar surface area (TPSA) is 93.4 Å². The molecule has 1 aromatic carbocycles. The maximum Gasteiger partial charge on any atom is 0.276 e. The van der Waals surface area contributed by atoms with E-state index in [9.17, 15) is 9.59 Å². The third-order valence-corrected chi connectivity index (χ3v) is 5.20. The Morgan fingerprint density at radius 2 is 1.85 bits per heavy atom. The fraction of sp³-hybridized carbons (Fsp3) is 0.421. The molecule has 8 nitrogen and oxygen atoms in total. The molecule has 1 aromatic heterocycles. The van der Waals surface area contributed by atoms with Gasteiger partial charge in [0.1, 0.15) is 0 Å². The number of likely N-dealkylation sites (N-methyl/N-ethyl adjacent to an activating group) is 1. The molecule has 2 aliphatic rings. The number of H-pyrrole nitrogens is 1. The van der Waals surface area contributed by atoms with Gasteiger partial charge >= 0.3 is 0 Å². The lowest BCUT2D eigenvalue weighted by Gasteiger charge is -2.32. The lowest BCUT2D eigenvalue weighted by atomic mass is 10.1. The first-order valence-corrected chi connectivity index (χ1v) is 9.28. The fourth-order valence-corrected chi connectivity index (χ4v) is 3.49. The van der Waals surface area contributed by atoms with Gasteiger partial charge in [-0.15, -0.1) is 0 Å². The molecule has 0 aliphatic carbocycles. The van der Waals surface area contributed by atoms with E-state index in [1.54, 1.807) is 24.3 Å². The van der Waals surface area contributed by atoms with Gasteiger partial charge in [-0.1, -0.05) is 0 Å². The van der Waals surface area contributed by atoms with Crippen LogP contribution in [0.5, 0.6) is 0 Å². The van der Waals surface area contributed by atoms with Crippen molar-refractivity contribution in [2.45, 2.75) is 13.0 Å². The Bertz CT molecular complexity index is 836. The number of aromatic amines is 1. The van der Waals surface area contributed by atoms with E-state index < -0.39 is 0 Å². The van der Waals surface area contributed by atoms with Crippen molar-refractivity contribution in [3.8, 4) is 0 Å². The summed E-state index contributed by atoms with van der Waals surface area (Å²) in [4.78, 5) is 29.2. The summed E-state index contributed by atoms with van der Waals surface area (Å²) in [6.45, 7) is 4.80. The van der Waals surface area contributed by atoms with Crippen molar-refractivity contribution in [3.63, 3.8) is 0 Å². The number of benzene rings is 1. The number of nitrogens with zero attached hydrogens (tertiary/aromatic N) is 3. The molecule has 3 N–H and O–H groups in total. The second-order valence-corrected chi connectivity index (χ2v) is 7.08. The van der Waals surface area contributed by atoms with Gasteiger partial charge in [-0.05, 0) is 31.3 Å². The van der Waals surface area contributed by atoms with Gasteiger partial charge in [-0.3, -0.25) is 14.7 Å². The van der Waals surface area contributed by atoms with Gasteiger partial charge in [-0.25, -0.2) is 0 Å². The number of fused-ring (bicyclic) bond motifs is 1. The molecule has 0 saturated carbocycles. The van der Waals surface area contributed by atoms with Crippen LogP contribution >= 0.6 is 0 Å². The summed E-state index contributed by atoms with van der Waals surface area (Å²) >= 11 is 0. The zero-order valence-electron chi connectivity index (χ0n) is 15.4. The molecule has 0 bridgehead atoms. The number of carbonyl (C=O) groups is 2. The highest BCUT2D eigenvalue weighted by Crippen LogP contribution is 2.18. The molecular weight excluding hydrogens is 344 g/mol. The van der Waals surface area contributed by atoms with Crippen molar-refractivity contribution in [3.05, 3.63) is 46.8 Å². The summed E-state index contributed by atoms with van der Waals surface area (Å²) in [5.41, 5.74) is 3.66. The molecule has 142 valence electrons. The Morgan fingerprint density at radius 1 is 1.11 bits per heavy atom. The summed E-state index contributed by atoms with van der Waals surface area (Å²) < 4.78 is 0. The highest BCUT2D eigenvalue weighted by molar-refractivity contribution is 6.04.